The standard InChI is InChI=1S/C22H20BrNO7/c1-24-5-4-11(14(24)9-25)19-15(26)7-16(27)20-17(28)8-18(31-21(19)20)12-6-10(22(29)30)2-3-13(12)23/h2-3,6-8,11,14,25-27H,4-5,9H2,1H3,(H,29,30)/t11-,14+/m1/s1. The number of carboxylic acids is 1. The number of aliphatic hydroxyl groups is 1. The van der Waals surface area contributed by atoms with Gasteiger partial charge < -0.3 is 29.7 Å². The van der Waals surface area contributed by atoms with Gasteiger partial charge in [-0.1, -0.05) is 15.9 Å². The summed E-state index contributed by atoms with van der Waals surface area (Å²) in [6, 6.07) is 6.32. The molecule has 2 aromatic carbocycles. The lowest BCUT2D eigenvalue weighted by atomic mass is 9.89. The zero-order chi connectivity index (χ0) is 22.4. The average Bonchev–Trinajstić information content (AvgIpc) is 3.07. The summed E-state index contributed by atoms with van der Waals surface area (Å²) in [5.41, 5.74) is 0.175. The molecule has 3 aromatic rings. The third-order valence-corrected chi connectivity index (χ3v) is 6.55. The molecule has 31 heavy (non-hydrogen) atoms. The highest BCUT2D eigenvalue weighted by atomic mass is 79.9. The highest BCUT2D eigenvalue weighted by molar-refractivity contribution is 9.10. The molecule has 8 nitrogen and oxygen atoms in total. The lowest BCUT2D eigenvalue weighted by molar-refractivity contribution is 0.0697. The van der Waals surface area contributed by atoms with Crippen LogP contribution in [0, 0.1) is 0 Å². The molecule has 0 amide bonds. The fraction of sp³-hybridized carbons (Fsp3) is 0.273. The van der Waals surface area contributed by atoms with Crippen molar-refractivity contribution in [1.29, 1.82) is 0 Å². The zero-order valence-electron chi connectivity index (χ0n) is 16.5. The largest absolute Gasteiger partial charge is 0.507 e. The second-order valence-corrected chi connectivity index (χ2v) is 8.49. The van der Waals surface area contributed by atoms with Crippen molar-refractivity contribution >= 4 is 32.9 Å². The molecule has 1 aliphatic heterocycles. The van der Waals surface area contributed by atoms with Crippen molar-refractivity contribution in [2.75, 3.05) is 20.2 Å². The summed E-state index contributed by atoms with van der Waals surface area (Å²) in [5, 5.41) is 40.1. The molecule has 1 fully saturated rings. The molecule has 2 atom stereocenters. The number of carbonyl (C=O) groups is 1. The quantitative estimate of drug-likeness (QED) is 0.439. The summed E-state index contributed by atoms with van der Waals surface area (Å²) in [6.45, 7) is 0.521. The lowest BCUT2D eigenvalue weighted by Crippen LogP contribution is -2.32. The first-order chi connectivity index (χ1) is 14.7. The molecule has 4 N–H and O–H groups in total. The number of likely N-dealkylation sites (N-methyl/N-ethyl adjacent to an activating group) is 1. The third kappa shape index (κ3) is 3.58. The molecule has 0 unspecified atom stereocenters. The van der Waals surface area contributed by atoms with Crippen molar-refractivity contribution < 1.29 is 29.6 Å². The van der Waals surface area contributed by atoms with Crippen LogP contribution in [0.25, 0.3) is 22.3 Å². The predicted octanol–water partition coefficient (Wildman–Crippen LogP) is 3.11. The van der Waals surface area contributed by atoms with Crippen LogP contribution in [-0.4, -0.2) is 57.5 Å². The van der Waals surface area contributed by atoms with E-state index < -0.39 is 17.1 Å². The van der Waals surface area contributed by atoms with Crippen LogP contribution in [0.4, 0.5) is 0 Å². The molecule has 0 bridgehead atoms. The van der Waals surface area contributed by atoms with Crippen LogP contribution < -0.4 is 5.43 Å². The number of phenols is 2. The van der Waals surface area contributed by atoms with E-state index in [2.05, 4.69) is 15.9 Å². The Morgan fingerprint density at radius 1 is 1.23 bits per heavy atom. The van der Waals surface area contributed by atoms with E-state index in [4.69, 9.17) is 4.42 Å². The summed E-state index contributed by atoms with van der Waals surface area (Å²) >= 11 is 3.35. The first-order valence-electron chi connectivity index (χ1n) is 9.60. The number of benzene rings is 2. The number of aliphatic hydroxyl groups excluding tert-OH is 1. The van der Waals surface area contributed by atoms with Gasteiger partial charge in [0.25, 0.3) is 0 Å². The number of fused-ring (bicyclic) bond motifs is 1. The lowest BCUT2D eigenvalue weighted by Gasteiger charge is -2.24. The van der Waals surface area contributed by atoms with Crippen LogP contribution in [-0.2, 0) is 0 Å². The van der Waals surface area contributed by atoms with Gasteiger partial charge in [-0.3, -0.25) is 4.79 Å². The van der Waals surface area contributed by atoms with Gasteiger partial charge in [-0.05, 0) is 38.2 Å². The molecule has 9 heteroatoms. The maximum absolute atomic E-state index is 12.9. The van der Waals surface area contributed by atoms with E-state index in [1.165, 1.54) is 24.3 Å². The van der Waals surface area contributed by atoms with Crippen molar-refractivity contribution in [3.8, 4) is 22.8 Å². The first-order valence-corrected chi connectivity index (χ1v) is 10.4. The topological polar surface area (TPSA) is 131 Å². The summed E-state index contributed by atoms with van der Waals surface area (Å²) in [4.78, 5) is 26.3. The molecule has 1 aliphatic rings. The monoisotopic (exact) mass is 489 g/mol. The fourth-order valence-corrected chi connectivity index (χ4v) is 4.71. The van der Waals surface area contributed by atoms with Crippen molar-refractivity contribution in [1.82, 2.24) is 4.90 Å². The van der Waals surface area contributed by atoms with Crippen LogP contribution in [0.1, 0.15) is 28.3 Å². The summed E-state index contributed by atoms with van der Waals surface area (Å²) in [7, 11) is 1.86. The molecule has 162 valence electrons. The number of hydrogen-bond donors (Lipinski definition) is 4. The number of carboxylic acid groups (broad SMARTS) is 1. The molecule has 4 rings (SSSR count). The first kappa shape index (κ1) is 21.4. The van der Waals surface area contributed by atoms with Gasteiger partial charge in [0.15, 0.2) is 5.43 Å². The normalized spacial score (nSPS) is 19.2. The number of halogens is 1. The summed E-state index contributed by atoms with van der Waals surface area (Å²) in [6.07, 6.45) is 0.612. The second-order valence-electron chi connectivity index (χ2n) is 7.63. The third-order valence-electron chi connectivity index (χ3n) is 5.86. The Morgan fingerprint density at radius 3 is 2.65 bits per heavy atom. The summed E-state index contributed by atoms with van der Waals surface area (Å²) < 4.78 is 6.55. The molecule has 1 saturated heterocycles. The number of nitrogens with zero attached hydrogens (tertiary/aromatic N) is 1. The minimum atomic E-state index is -1.13. The SMILES string of the molecule is CN1CC[C@@H](c2c(O)cc(O)c3c(=O)cc(-c4cc(C(=O)O)ccc4Br)oc23)[C@@H]1CO. The molecular formula is C22H20BrNO7. The number of likely N-dealkylation sites (tertiary alicyclic amines) is 1. The molecule has 0 aliphatic carbocycles. The Hall–Kier alpha value is -2.88. The Balaban J connectivity index is 2.02. The van der Waals surface area contributed by atoms with E-state index in [9.17, 15) is 30.0 Å². The van der Waals surface area contributed by atoms with Crippen LogP contribution in [0.15, 0.2) is 44.0 Å². The maximum atomic E-state index is 12.9. The predicted molar refractivity (Wildman–Crippen MR) is 117 cm³/mol. The van der Waals surface area contributed by atoms with Gasteiger partial charge in [0, 0.05) is 39.7 Å². The maximum Gasteiger partial charge on any atom is 0.335 e. The van der Waals surface area contributed by atoms with Crippen molar-refractivity contribution in [3.63, 3.8) is 0 Å². The van der Waals surface area contributed by atoms with E-state index in [1.54, 1.807) is 0 Å². The van der Waals surface area contributed by atoms with Crippen LogP contribution >= 0.6 is 15.9 Å². The second kappa shape index (κ2) is 7.99. The van der Waals surface area contributed by atoms with Crippen molar-refractivity contribution in [3.05, 3.63) is 56.2 Å². The van der Waals surface area contributed by atoms with Gasteiger partial charge in [-0.2, -0.15) is 0 Å². The fourth-order valence-electron chi connectivity index (χ4n) is 4.27. The van der Waals surface area contributed by atoms with Crippen LogP contribution in [0.2, 0.25) is 0 Å². The van der Waals surface area contributed by atoms with Crippen molar-refractivity contribution in [2.24, 2.45) is 0 Å². The molecule has 0 radical (unpaired) electrons. The number of phenolic OH excluding ortho intramolecular Hbond substituents is 2. The van der Waals surface area contributed by atoms with Gasteiger partial charge in [-0.15, -0.1) is 0 Å². The highest BCUT2D eigenvalue weighted by Gasteiger charge is 2.36. The van der Waals surface area contributed by atoms with Gasteiger partial charge in [-0.25, -0.2) is 4.79 Å². The Kier molecular flexibility index (Phi) is 5.50. The molecule has 0 saturated carbocycles. The molecule has 1 aromatic heterocycles. The van der Waals surface area contributed by atoms with Crippen LogP contribution in [0.5, 0.6) is 11.5 Å². The number of aromatic carboxylic acids is 1. The average molecular weight is 490 g/mol. The zero-order valence-corrected chi connectivity index (χ0v) is 18.1. The number of hydrogen-bond acceptors (Lipinski definition) is 7. The number of aromatic hydroxyl groups is 2. The van der Waals surface area contributed by atoms with Gasteiger partial charge >= 0.3 is 5.97 Å². The molecule has 0 spiro atoms. The van der Waals surface area contributed by atoms with E-state index in [0.29, 0.717) is 28.6 Å². The van der Waals surface area contributed by atoms with E-state index >= 15 is 0 Å². The minimum absolute atomic E-state index is 0.0117. The molecule has 2 heterocycles. The van der Waals surface area contributed by atoms with E-state index in [0.717, 1.165) is 6.07 Å². The Labute approximate surface area is 185 Å². The van der Waals surface area contributed by atoms with Gasteiger partial charge in [0.1, 0.15) is 28.2 Å². The Morgan fingerprint density at radius 2 is 1.97 bits per heavy atom. The molecular weight excluding hydrogens is 470 g/mol. The highest BCUT2D eigenvalue weighted by Crippen LogP contribution is 2.44. The van der Waals surface area contributed by atoms with Crippen LogP contribution in [0.3, 0.4) is 0 Å². The number of rotatable bonds is 4. The van der Waals surface area contributed by atoms with E-state index in [1.807, 2.05) is 11.9 Å². The summed E-state index contributed by atoms with van der Waals surface area (Å²) in [5.74, 6) is -2.02. The van der Waals surface area contributed by atoms with Crippen molar-refractivity contribution in [2.45, 2.75) is 18.4 Å². The van der Waals surface area contributed by atoms with E-state index in [-0.39, 0.29) is 46.6 Å². The Bertz CT molecular complexity index is 1250. The minimum Gasteiger partial charge on any atom is -0.507 e. The van der Waals surface area contributed by atoms with Gasteiger partial charge in [0.05, 0.1) is 12.2 Å². The smallest absolute Gasteiger partial charge is 0.335 e. The van der Waals surface area contributed by atoms with Gasteiger partial charge in [0.2, 0.25) is 0 Å².